The third-order valence-electron chi connectivity index (χ3n) is 4.06. The Kier molecular flexibility index (Phi) is 4.57. The van der Waals surface area contributed by atoms with Gasteiger partial charge in [-0.3, -0.25) is 4.99 Å². The van der Waals surface area contributed by atoms with Crippen molar-refractivity contribution in [3.63, 3.8) is 0 Å². The number of halogens is 3. The van der Waals surface area contributed by atoms with Gasteiger partial charge >= 0.3 is 6.18 Å². The molecule has 2 aromatic carbocycles. The maximum atomic E-state index is 12.6. The minimum absolute atomic E-state index is 0.210. The predicted molar refractivity (Wildman–Crippen MR) is 91.1 cm³/mol. The van der Waals surface area contributed by atoms with Crippen molar-refractivity contribution >= 4 is 11.5 Å². The first-order chi connectivity index (χ1) is 11.8. The van der Waals surface area contributed by atoms with Crippen molar-refractivity contribution in [3.8, 4) is 5.75 Å². The zero-order chi connectivity index (χ0) is 18.0. The van der Waals surface area contributed by atoms with Crippen molar-refractivity contribution in [2.45, 2.75) is 12.7 Å². The van der Waals surface area contributed by atoms with Gasteiger partial charge in [-0.15, -0.1) is 0 Å². The number of anilines is 1. The number of aliphatic imine (C=N–C) groups is 1. The number of hydrogen-bond donors (Lipinski definition) is 1. The molecule has 0 fully saturated rings. The zero-order valence-corrected chi connectivity index (χ0v) is 13.7. The molecule has 0 amide bonds. The highest BCUT2D eigenvalue weighted by molar-refractivity contribution is 5.98. The number of amidine groups is 1. The van der Waals surface area contributed by atoms with Gasteiger partial charge in [0.1, 0.15) is 18.2 Å². The van der Waals surface area contributed by atoms with Gasteiger partial charge in [-0.2, -0.15) is 13.2 Å². The number of nitrogens with two attached hydrogens (primary N) is 1. The number of nitrogens with zero attached hydrogens (tertiary/aromatic N) is 2. The molecule has 0 aromatic heterocycles. The van der Waals surface area contributed by atoms with Gasteiger partial charge < -0.3 is 15.4 Å². The van der Waals surface area contributed by atoms with Crippen molar-refractivity contribution in [1.29, 1.82) is 0 Å². The Balaban J connectivity index is 1.74. The van der Waals surface area contributed by atoms with Crippen LogP contribution in [-0.4, -0.2) is 26.0 Å². The Morgan fingerprint density at radius 1 is 1.20 bits per heavy atom. The highest BCUT2D eigenvalue weighted by atomic mass is 19.4. The molecule has 0 spiro atoms. The molecule has 0 unspecified atom stereocenters. The van der Waals surface area contributed by atoms with Gasteiger partial charge in [0.25, 0.3) is 0 Å². The predicted octanol–water partition coefficient (Wildman–Crippen LogP) is 3.44. The lowest BCUT2D eigenvalue weighted by Crippen LogP contribution is -2.29. The summed E-state index contributed by atoms with van der Waals surface area (Å²) in [5, 5.41) is 0. The van der Waals surface area contributed by atoms with Crippen molar-refractivity contribution in [2.75, 3.05) is 25.1 Å². The summed E-state index contributed by atoms with van der Waals surface area (Å²) in [4.78, 5) is 6.36. The second-order valence-corrected chi connectivity index (χ2v) is 5.85. The lowest BCUT2D eigenvalue weighted by molar-refractivity contribution is -0.137. The van der Waals surface area contributed by atoms with E-state index in [0.717, 1.165) is 35.7 Å². The zero-order valence-electron chi connectivity index (χ0n) is 13.7. The second kappa shape index (κ2) is 6.66. The molecule has 1 aliphatic rings. The fraction of sp³-hybridized carbons (Fsp3) is 0.278. The standard InChI is InChI=1S/C18H18F3N3O/c1-24-8-9-25-16-10-13(4-7-15(16)24)17(22)23-11-12-2-5-14(6-3-12)18(19,20)21/h2-7,10H,8-9,11H2,1H3,(H2,22,23). The average molecular weight is 349 g/mol. The smallest absolute Gasteiger partial charge is 0.416 e. The van der Waals surface area contributed by atoms with Gasteiger partial charge in [-0.25, -0.2) is 0 Å². The van der Waals surface area contributed by atoms with E-state index in [1.807, 2.05) is 25.2 Å². The molecule has 7 heteroatoms. The SMILES string of the molecule is CN1CCOc2cc(C(N)=NCc3ccc(C(F)(F)F)cc3)ccc21. The van der Waals surface area contributed by atoms with Crippen LogP contribution >= 0.6 is 0 Å². The number of hydrogen-bond acceptors (Lipinski definition) is 3. The van der Waals surface area contributed by atoms with Crippen LogP contribution in [0.2, 0.25) is 0 Å². The van der Waals surface area contributed by atoms with Crippen LogP contribution in [0.5, 0.6) is 5.75 Å². The van der Waals surface area contributed by atoms with Gasteiger partial charge in [0.05, 0.1) is 24.3 Å². The second-order valence-electron chi connectivity index (χ2n) is 5.85. The molecule has 132 valence electrons. The number of likely N-dealkylation sites (N-methyl/N-ethyl adjacent to an activating group) is 1. The first kappa shape index (κ1) is 17.1. The van der Waals surface area contributed by atoms with Gasteiger partial charge in [0.15, 0.2) is 0 Å². The number of ether oxygens (including phenoxy) is 1. The van der Waals surface area contributed by atoms with Gasteiger partial charge in [0.2, 0.25) is 0 Å². The molecule has 0 atom stereocenters. The number of benzene rings is 2. The van der Waals surface area contributed by atoms with Crippen molar-refractivity contribution in [3.05, 3.63) is 59.2 Å². The fourth-order valence-electron chi connectivity index (χ4n) is 2.58. The van der Waals surface area contributed by atoms with Crippen LogP contribution < -0.4 is 15.4 Å². The molecule has 3 rings (SSSR count). The van der Waals surface area contributed by atoms with E-state index in [4.69, 9.17) is 10.5 Å². The van der Waals surface area contributed by atoms with E-state index < -0.39 is 11.7 Å². The maximum Gasteiger partial charge on any atom is 0.416 e. The third kappa shape index (κ3) is 3.87. The summed E-state index contributed by atoms with van der Waals surface area (Å²) in [7, 11) is 1.99. The number of alkyl halides is 3. The fourth-order valence-corrected chi connectivity index (χ4v) is 2.58. The van der Waals surface area contributed by atoms with Crippen LogP contribution in [0.4, 0.5) is 18.9 Å². The van der Waals surface area contributed by atoms with E-state index in [9.17, 15) is 13.2 Å². The Morgan fingerprint density at radius 3 is 2.60 bits per heavy atom. The third-order valence-corrected chi connectivity index (χ3v) is 4.06. The van der Waals surface area contributed by atoms with Crippen LogP contribution in [0, 0.1) is 0 Å². The largest absolute Gasteiger partial charge is 0.490 e. The first-order valence-corrected chi connectivity index (χ1v) is 7.79. The molecule has 25 heavy (non-hydrogen) atoms. The van der Waals surface area contributed by atoms with E-state index in [2.05, 4.69) is 9.89 Å². The summed E-state index contributed by atoms with van der Waals surface area (Å²) < 4.78 is 43.3. The molecule has 2 aromatic rings. The molecule has 0 aliphatic carbocycles. The summed E-state index contributed by atoms with van der Waals surface area (Å²) in [6, 6.07) is 10.5. The lowest BCUT2D eigenvalue weighted by Gasteiger charge is -2.27. The Bertz CT molecular complexity index is 785. The Hall–Kier alpha value is -2.70. The van der Waals surface area contributed by atoms with Crippen LogP contribution in [0.15, 0.2) is 47.5 Å². The van der Waals surface area contributed by atoms with Crippen LogP contribution in [0.25, 0.3) is 0 Å². The Labute approximate surface area is 143 Å². The van der Waals surface area contributed by atoms with E-state index >= 15 is 0 Å². The molecule has 1 heterocycles. The van der Waals surface area contributed by atoms with E-state index in [1.54, 1.807) is 0 Å². The van der Waals surface area contributed by atoms with E-state index in [-0.39, 0.29) is 6.54 Å². The van der Waals surface area contributed by atoms with Crippen molar-refractivity contribution in [1.82, 2.24) is 0 Å². The summed E-state index contributed by atoms with van der Waals surface area (Å²) >= 11 is 0. The first-order valence-electron chi connectivity index (χ1n) is 7.79. The highest BCUT2D eigenvalue weighted by Crippen LogP contribution is 2.31. The number of fused-ring (bicyclic) bond motifs is 1. The maximum absolute atomic E-state index is 12.6. The molecule has 0 saturated heterocycles. The normalized spacial score (nSPS) is 14.9. The Morgan fingerprint density at radius 2 is 1.92 bits per heavy atom. The highest BCUT2D eigenvalue weighted by Gasteiger charge is 2.29. The van der Waals surface area contributed by atoms with Crippen LogP contribution in [0.3, 0.4) is 0 Å². The summed E-state index contributed by atoms with van der Waals surface area (Å²) in [6.45, 7) is 1.64. The summed E-state index contributed by atoms with van der Waals surface area (Å²) in [6.07, 6.45) is -4.34. The molecule has 0 radical (unpaired) electrons. The van der Waals surface area contributed by atoms with Crippen LogP contribution in [0.1, 0.15) is 16.7 Å². The van der Waals surface area contributed by atoms with E-state index in [1.165, 1.54) is 12.1 Å². The molecule has 2 N–H and O–H groups in total. The molecule has 4 nitrogen and oxygen atoms in total. The molecular formula is C18H18F3N3O. The monoisotopic (exact) mass is 349 g/mol. The molecular weight excluding hydrogens is 331 g/mol. The van der Waals surface area contributed by atoms with Gasteiger partial charge in [-0.05, 0) is 35.9 Å². The molecule has 0 saturated carbocycles. The minimum atomic E-state index is -4.34. The minimum Gasteiger partial charge on any atom is -0.490 e. The molecule has 0 bridgehead atoms. The van der Waals surface area contributed by atoms with Gasteiger partial charge in [-0.1, -0.05) is 12.1 Å². The number of rotatable bonds is 3. The van der Waals surface area contributed by atoms with Crippen molar-refractivity contribution < 1.29 is 17.9 Å². The topological polar surface area (TPSA) is 50.9 Å². The lowest BCUT2D eigenvalue weighted by atomic mass is 10.1. The summed E-state index contributed by atoms with van der Waals surface area (Å²) in [5.41, 5.74) is 7.71. The van der Waals surface area contributed by atoms with Gasteiger partial charge in [0, 0.05) is 12.6 Å². The van der Waals surface area contributed by atoms with Crippen molar-refractivity contribution in [2.24, 2.45) is 10.7 Å². The average Bonchev–Trinajstić information content (AvgIpc) is 2.59. The van der Waals surface area contributed by atoms with Crippen LogP contribution in [-0.2, 0) is 12.7 Å². The molecule has 1 aliphatic heterocycles. The van der Waals surface area contributed by atoms with E-state index in [0.29, 0.717) is 18.0 Å². The quantitative estimate of drug-likeness (QED) is 0.682. The summed E-state index contributed by atoms with van der Waals surface area (Å²) in [5.74, 6) is 1.07.